The Morgan fingerprint density at radius 3 is 2.55 bits per heavy atom. The second kappa shape index (κ2) is 10.5. The molecule has 3 aromatic rings. The van der Waals surface area contributed by atoms with Gasteiger partial charge < -0.3 is 14.0 Å². The third-order valence-electron chi connectivity index (χ3n) is 4.63. The molecule has 2 N–H and O–H groups in total. The van der Waals surface area contributed by atoms with Gasteiger partial charge in [0.1, 0.15) is 12.4 Å². The maximum atomic E-state index is 12.5. The zero-order chi connectivity index (χ0) is 22.2. The molecule has 0 aliphatic heterocycles. The molecule has 31 heavy (non-hydrogen) atoms. The summed E-state index contributed by atoms with van der Waals surface area (Å²) < 4.78 is 13.1. The van der Waals surface area contributed by atoms with Crippen LogP contribution in [0.4, 0.5) is 0 Å². The molecule has 0 saturated carbocycles. The quantitative estimate of drug-likeness (QED) is 0.514. The number of hydrazine groups is 1. The molecular formula is C23H28N4O4. The van der Waals surface area contributed by atoms with Crippen molar-refractivity contribution in [3.63, 3.8) is 0 Å². The van der Waals surface area contributed by atoms with E-state index in [-0.39, 0.29) is 12.5 Å². The molecule has 3 rings (SSSR count). The fourth-order valence-corrected chi connectivity index (χ4v) is 3.20. The highest BCUT2D eigenvalue weighted by Gasteiger charge is 2.15. The lowest BCUT2D eigenvalue weighted by Gasteiger charge is -2.13. The van der Waals surface area contributed by atoms with Crippen molar-refractivity contribution in [2.75, 3.05) is 13.2 Å². The molecule has 8 nitrogen and oxygen atoms in total. The van der Waals surface area contributed by atoms with E-state index in [1.807, 2.05) is 49.6 Å². The average Bonchev–Trinajstić information content (AvgIpc) is 3.14. The SMILES string of the molecule is CCCOc1ccc(C(=O)NNC(=O)Cn2c(CC)nc3ccccc32)cc1OCC. The topological polar surface area (TPSA) is 94.5 Å². The summed E-state index contributed by atoms with van der Waals surface area (Å²) in [5.74, 6) is 1.10. The largest absolute Gasteiger partial charge is 0.490 e. The Morgan fingerprint density at radius 2 is 1.81 bits per heavy atom. The number of nitrogens with zero attached hydrogens (tertiary/aromatic N) is 2. The second-order valence-corrected chi connectivity index (χ2v) is 6.90. The van der Waals surface area contributed by atoms with Crippen LogP contribution in [0.1, 0.15) is 43.4 Å². The summed E-state index contributed by atoms with van der Waals surface area (Å²) in [6.07, 6.45) is 1.56. The van der Waals surface area contributed by atoms with Gasteiger partial charge in [-0.2, -0.15) is 0 Å². The lowest BCUT2D eigenvalue weighted by Crippen LogP contribution is -2.43. The van der Waals surface area contributed by atoms with Crippen molar-refractivity contribution < 1.29 is 19.1 Å². The molecule has 0 radical (unpaired) electrons. The summed E-state index contributed by atoms with van der Waals surface area (Å²) >= 11 is 0. The standard InChI is InChI=1S/C23H28N4O4/c1-4-13-31-19-12-11-16(14-20(19)30-6-3)23(29)26-25-22(28)15-27-18-10-8-7-9-17(18)24-21(27)5-2/h7-12,14H,4-6,13,15H2,1-3H3,(H,25,28)(H,26,29). The van der Waals surface area contributed by atoms with E-state index in [0.717, 1.165) is 23.3 Å². The number of imidazole rings is 1. The van der Waals surface area contributed by atoms with Crippen LogP contribution >= 0.6 is 0 Å². The first-order valence-electron chi connectivity index (χ1n) is 10.5. The number of aryl methyl sites for hydroxylation is 1. The minimum atomic E-state index is -0.442. The zero-order valence-electron chi connectivity index (χ0n) is 18.1. The highest BCUT2D eigenvalue weighted by Crippen LogP contribution is 2.28. The summed E-state index contributed by atoms with van der Waals surface area (Å²) in [6, 6.07) is 12.6. The van der Waals surface area contributed by atoms with Gasteiger partial charge in [-0.25, -0.2) is 4.98 Å². The molecule has 0 atom stereocenters. The van der Waals surface area contributed by atoms with Gasteiger partial charge in [0.05, 0.1) is 24.2 Å². The lowest BCUT2D eigenvalue weighted by atomic mass is 10.2. The predicted molar refractivity (Wildman–Crippen MR) is 118 cm³/mol. The Kier molecular flexibility index (Phi) is 7.48. The van der Waals surface area contributed by atoms with Crippen molar-refractivity contribution in [1.29, 1.82) is 0 Å². The Morgan fingerprint density at radius 1 is 1.00 bits per heavy atom. The van der Waals surface area contributed by atoms with Crippen molar-refractivity contribution in [2.45, 2.75) is 40.2 Å². The number of ether oxygens (including phenoxy) is 2. The number of amides is 2. The summed E-state index contributed by atoms with van der Waals surface area (Å²) in [6.45, 7) is 6.92. The van der Waals surface area contributed by atoms with Crippen molar-refractivity contribution in [3.05, 3.63) is 53.9 Å². The zero-order valence-corrected chi connectivity index (χ0v) is 18.1. The number of carbonyl (C=O) groups is 2. The number of hydrogen-bond acceptors (Lipinski definition) is 5. The third-order valence-corrected chi connectivity index (χ3v) is 4.63. The molecule has 0 spiro atoms. The highest BCUT2D eigenvalue weighted by atomic mass is 16.5. The van der Waals surface area contributed by atoms with Crippen LogP contribution in [0.15, 0.2) is 42.5 Å². The highest BCUT2D eigenvalue weighted by molar-refractivity contribution is 5.96. The van der Waals surface area contributed by atoms with E-state index in [2.05, 4.69) is 15.8 Å². The van der Waals surface area contributed by atoms with E-state index in [1.165, 1.54) is 0 Å². The lowest BCUT2D eigenvalue weighted by molar-refractivity contribution is -0.122. The molecule has 2 aromatic carbocycles. The van der Waals surface area contributed by atoms with Crippen LogP contribution in [-0.4, -0.2) is 34.6 Å². The molecule has 1 heterocycles. The van der Waals surface area contributed by atoms with E-state index in [1.54, 1.807) is 18.2 Å². The van der Waals surface area contributed by atoms with Crippen LogP contribution in [0.3, 0.4) is 0 Å². The normalized spacial score (nSPS) is 10.7. The Bertz CT molecular complexity index is 1060. The van der Waals surface area contributed by atoms with Crippen LogP contribution in [0.5, 0.6) is 11.5 Å². The number of fused-ring (bicyclic) bond motifs is 1. The van der Waals surface area contributed by atoms with Gasteiger partial charge in [0, 0.05) is 12.0 Å². The first-order chi connectivity index (χ1) is 15.1. The number of carbonyl (C=O) groups excluding carboxylic acids is 2. The minimum Gasteiger partial charge on any atom is -0.490 e. The van der Waals surface area contributed by atoms with Gasteiger partial charge in [-0.1, -0.05) is 26.0 Å². The number of benzene rings is 2. The summed E-state index contributed by atoms with van der Waals surface area (Å²) in [7, 11) is 0. The van der Waals surface area contributed by atoms with E-state index in [0.29, 0.717) is 36.7 Å². The molecule has 0 aliphatic rings. The number of para-hydroxylation sites is 2. The van der Waals surface area contributed by atoms with Crippen molar-refractivity contribution in [2.24, 2.45) is 0 Å². The summed E-state index contributed by atoms with van der Waals surface area (Å²) in [4.78, 5) is 29.6. The van der Waals surface area contributed by atoms with Gasteiger partial charge in [-0.15, -0.1) is 0 Å². The van der Waals surface area contributed by atoms with Crippen LogP contribution < -0.4 is 20.3 Å². The maximum absolute atomic E-state index is 12.5. The molecule has 1 aromatic heterocycles. The van der Waals surface area contributed by atoms with E-state index in [4.69, 9.17) is 9.47 Å². The molecule has 8 heteroatoms. The summed E-state index contributed by atoms with van der Waals surface area (Å²) in [5.41, 5.74) is 7.01. The molecule has 0 bridgehead atoms. The fraction of sp³-hybridized carbons (Fsp3) is 0.348. The average molecular weight is 425 g/mol. The molecule has 0 unspecified atom stereocenters. The van der Waals surface area contributed by atoms with Crippen LogP contribution in [-0.2, 0) is 17.8 Å². The predicted octanol–water partition coefficient (Wildman–Crippen LogP) is 3.25. The molecule has 2 amide bonds. The second-order valence-electron chi connectivity index (χ2n) is 6.90. The Hall–Kier alpha value is -3.55. The van der Waals surface area contributed by atoms with Crippen LogP contribution in [0.25, 0.3) is 11.0 Å². The molecule has 164 valence electrons. The first-order valence-corrected chi connectivity index (χ1v) is 10.5. The van der Waals surface area contributed by atoms with Gasteiger partial charge in [0.25, 0.3) is 11.8 Å². The van der Waals surface area contributed by atoms with Gasteiger partial charge in [0.2, 0.25) is 0 Å². The molecule has 0 aliphatic carbocycles. The van der Waals surface area contributed by atoms with Gasteiger partial charge in [-0.05, 0) is 43.7 Å². The Balaban J connectivity index is 1.65. The molecule has 0 fully saturated rings. The van der Waals surface area contributed by atoms with Gasteiger partial charge in [-0.3, -0.25) is 20.4 Å². The van der Waals surface area contributed by atoms with Gasteiger partial charge in [0.15, 0.2) is 11.5 Å². The maximum Gasteiger partial charge on any atom is 0.269 e. The van der Waals surface area contributed by atoms with E-state index >= 15 is 0 Å². The number of hydrogen-bond donors (Lipinski definition) is 2. The minimum absolute atomic E-state index is 0.0535. The van der Waals surface area contributed by atoms with Crippen molar-refractivity contribution in [3.8, 4) is 11.5 Å². The number of rotatable bonds is 9. The van der Waals surface area contributed by atoms with Crippen molar-refractivity contribution in [1.82, 2.24) is 20.4 Å². The van der Waals surface area contributed by atoms with Crippen molar-refractivity contribution >= 4 is 22.8 Å². The van der Waals surface area contributed by atoms with E-state index < -0.39 is 5.91 Å². The third kappa shape index (κ3) is 5.33. The number of aromatic nitrogens is 2. The Labute approximate surface area is 181 Å². The molecular weight excluding hydrogens is 396 g/mol. The van der Waals surface area contributed by atoms with Crippen LogP contribution in [0, 0.1) is 0 Å². The number of nitrogens with one attached hydrogen (secondary N) is 2. The molecule has 0 saturated heterocycles. The van der Waals surface area contributed by atoms with E-state index in [9.17, 15) is 9.59 Å². The first kappa shape index (κ1) is 22.1. The summed E-state index contributed by atoms with van der Waals surface area (Å²) in [5, 5.41) is 0. The monoisotopic (exact) mass is 424 g/mol. The smallest absolute Gasteiger partial charge is 0.269 e. The van der Waals surface area contributed by atoms with Crippen LogP contribution in [0.2, 0.25) is 0 Å². The fourth-order valence-electron chi connectivity index (χ4n) is 3.20. The van der Waals surface area contributed by atoms with Gasteiger partial charge >= 0.3 is 0 Å².